The fourth-order valence-electron chi connectivity index (χ4n) is 2.14. The maximum Gasteiger partial charge on any atom is 0.221 e. The number of ketones is 1. The van der Waals surface area contributed by atoms with E-state index in [0.717, 1.165) is 32.5 Å². The van der Waals surface area contributed by atoms with Crippen molar-refractivity contribution in [2.24, 2.45) is 5.92 Å². The lowest BCUT2D eigenvalue weighted by atomic mass is 9.94. The van der Waals surface area contributed by atoms with E-state index in [0.29, 0.717) is 13.0 Å². The topological polar surface area (TPSA) is 49.4 Å². The van der Waals surface area contributed by atoms with Gasteiger partial charge in [0.15, 0.2) is 0 Å². The van der Waals surface area contributed by atoms with Crippen LogP contribution in [0, 0.1) is 5.92 Å². The number of nitrogens with zero attached hydrogens (tertiary/aromatic N) is 1. The van der Waals surface area contributed by atoms with Gasteiger partial charge in [-0.25, -0.2) is 0 Å². The SMILES string of the molecule is CCNC(=O)CCN1CCCC(C(C)=O)C1. The van der Waals surface area contributed by atoms with Crippen molar-refractivity contribution in [1.82, 2.24) is 10.2 Å². The number of likely N-dealkylation sites (tertiary alicyclic amines) is 1. The molecule has 16 heavy (non-hydrogen) atoms. The summed E-state index contributed by atoms with van der Waals surface area (Å²) in [5, 5.41) is 2.79. The Kier molecular flexibility index (Phi) is 5.46. The number of nitrogens with one attached hydrogen (secondary N) is 1. The van der Waals surface area contributed by atoms with Gasteiger partial charge < -0.3 is 10.2 Å². The third-order valence-corrected chi connectivity index (χ3v) is 3.11. The number of piperidine rings is 1. The number of carbonyl (C=O) groups is 2. The normalized spacial score (nSPS) is 21.8. The van der Waals surface area contributed by atoms with E-state index in [4.69, 9.17) is 0 Å². The number of carbonyl (C=O) groups excluding carboxylic acids is 2. The summed E-state index contributed by atoms with van der Waals surface area (Å²) in [5.41, 5.74) is 0. The van der Waals surface area contributed by atoms with Crippen LogP contribution in [0.5, 0.6) is 0 Å². The average molecular weight is 226 g/mol. The first-order valence-electron chi connectivity index (χ1n) is 6.13. The van der Waals surface area contributed by atoms with E-state index in [1.54, 1.807) is 6.92 Å². The Hall–Kier alpha value is -0.900. The fourth-order valence-corrected chi connectivity index (χ4v) is 2.14. The quantitative estimate of drug-likeness (QED) is 0.755. The molecule has 1 saturated heterocycles. The minimum atomic E-state index is 0.104. The third-order valence-electron chi connectivity index (χ3n) is 3.11. The summed E-state index contributed by atoms with van der Waals surface area (Å²) in [4.78, 5) is 24.8. The van der Waals surface area contributed by atoms with Crippen LogP contribution >= 0.6 is 0 Å². The van der Waals surface area contributed by atoms with Crippen molar-refractivity contribution in [3.8, 4) is 0 Å². The van der Waals surface area contributed by atoms with Crippen molar-refractivity contribution in [2.75, 3.05) is 26.2 Å². The monoisotopic (exact) mass is 226 g/mol. The summed E-state index contributed by atoms with van der Waals surface area (Å²) in [5.74, 6) is 0.568. The van der Waals surface area contributed by atoms with Crippen molar-refractivity contribution in [2.45, 2.75) is 33.1 Å². The molecule has 1 aliphatic heterocycles. The predicted octanol–water partition coefficient (Wildman–Crippen LogP) is 0.814. The molecule has 0 bridgehead atoms. The van der Waals surface area contributed by atoms with Crippen LogP contribution in [0.3, 0.4) is 0 Å². The fraction of sp³-hybridized carbons (Fsp3) is 0.833. The highest BCUT2D eigenvalue weighted by molar-refractivity contribution is 5.78. The van der Waals surface area contributed by atoms with Crippen LogP contribution in [-0.4, -0.2) is 42.8 Å². The van der Waals surface area contributed by atoms with E-state index in [9.17, 15) is 9.59 Å². The molecule has 0 aliphatic carbocycles. The van der Waals surface area contributed by atoms with Gasteiger partial charge in [0.05, 0.1) is 0 Å². The second-order valence-corrected chi connectivity index (χ2v) is 4.45. The molecule has 0 aromatic carbocycles. The average Bonchev–Trinajstić information content (AvgIpc) is 2.27. The number of Topliss-reactive ketones (excluding diaryl/α,β-unsaturated/α-hetero) is 1. The van der Waals surface area contributed by atoms with Crippen molar-refractivity contribution in [1.29, 1.82) is 0 Å². The van der Waals surface area contributed by atoms with Crippen LogP contribution < -0.4 is 5.32 Å². The molecule has 1 rings (SSSR count). The molecule has 1 fully saturated rings. The van der Waals surface area contributed by atoms with E-state index in [1.807, 2.05) is 6.92 Å². The van der Waals surface area contributed by atoms with Gasteiger partial charge in [-0.05, 0) is 33.2 Å². The van der Waals surface area contributed by atoms with Crippen molar-refractivity contribution in [3.05, 3.63) is 0 Å². The molecule has 1 aliphatic rings. The third kappa shape index (κ3) is 4.31. The predicted molar refractivity (Wildman–Crippen MR) is 63.1 cm³/mol. The molecule has 0 aromatic heterocycles. The van der Waals surface area contributed by atoms with Gasteiger partial charge >= 0.3 is 0 Å². The van der Waals surface area contributed by atoms with Crippen LogP contribution in [0.15, 0.2) is 0 Å². The van der Waals surface area contributed by atoms with Crippen LogP contribution in [0.25, 0.3) is 0 Å². The zero-order chi connectivity index (χ0) is 12.0. The maximum atomic E-state index is 11.3. The second-order valence-electron chi connectivity index (χ2n) is 4.45. The van der Waals surface area contributed by atoms with Crippen LogP contribution in [0.4, 0.5) is 0 Å². The molecule has 0 saturated carbocycles. The van der Waals surface area contributed by atoms with E-state index in [2.05, 4.69) is 10.2 Å². The lowest BCUT2D eigenvalue weighted by molar-refractivity contribution is -0.122. The second kappa shape index (κ2) is 6.63. The van der Waals surface area contributed by atoms with E-state index < -0.39 is 0 Å². The van der Waals surface area contributed by atoms with Gasteiger partial charge in [-0.1, -0.05) is 0 Å². The van der Waals surface area contributed by atoms with Crippen molar-refractivity contribution in [3.63, 3.8) is 0 Å². The zero-order valence-corrected chi connectivity index (χ0v) is 10.3. The Balaban J connectivity index is 2.26. The minimum Gasteiger partial charge on any atom is -0.356 e. The number of hydrogen-bond donors (Lipinski definition) is 1. The van der Waals surface area contributed by atoms with Gasteiger partial charge in [-0.2, -0.15) is 0 Å². The molecule has 1 heterocycles. The first-order chi connectivity index (χ1) is 7.63. The lowest BCUT2D eigenvalue weighted by Gasteiger charge is -2.31. The molecular formula is C12H22N2O2. The molecule has 1 N–H and O–H groups in total. The van der Waals surface area contributed by atoms with Crippen LogP contribution in [0.2, 0.25) is 0 Å². The Morgan fingerprint density at radius 3 is 2.81 bits per heavy atom. The number of hydrogen-bond acceptors (Lipinski definition) is 3. The molecule has 4 nitrogen and oxygen atoms in total. The number of amides is 1. The number of rotatable bonds is 5. The maximum absolute atomic E-state index is 11.3. The smallest absolute Gasteiger partial charge is 0.221 e. The molecular weight excluding hydrogens is 204 g/mol. The lowest BCUT2D eigenvalue weighted by Crippen LogP contribution is -2.40. The van der Waals surface area contributed by atoms with Crippen LogP contribution in [0.1, 0.15) is 33.1 Å². The van der Waals surface area contributed by atoms with Crippen molar-refractivity contribution < 1.29 is 9.59 Å². The van der Waals surface area contributed by atoms with Gasteiger partial charge in [-0.15, -0.1) is 0 Å². The molecule has 0 aromatic rings. The molecule has 0 radical (unpaired) electrons. The summed E-state index contributed by atoms with van der Waals surface area (Å²) >= 11 is 0. The molecule has 1 atom stereocenters. The highest BCUT2D eigenvalue weighted by Crippen LogP contribution is 2.17. The van der Waals surface area contributed by atoms with Crippen molar-refractivity contribution >= 4 is 11.7 Å². The van der Waals surface area contributed by atoms with Gasteiger partial charge in [-0.3, -0.25) is 9.59 Å². The Bertz CT molecular complexity index is 253. The first-order valence-corrected chi connectivity index (χ1v) is 6.13. The molecule has 1 amide bonds. The standard InChI is InChI=1S/C12H22N2O2/c1-3-13-12(16)6-8-14-7-4-5-11(9-14)10(2)15/h11H,3-9H2,1-2H3,(H,13,16). The van der Waals surface area contributed by atoms with Gasteiger partial charge in [0, 0.05) is 32.0 Å². The summed E-state index contributed by atoms with van der Waals surface area (Å²) in [6.07, 6.45) is 2.62. The molecule has 0 spiro atoms. The van der Waals surface area contributed by atoms with E-state index >= 15 is 0 Å². The summed E-state index contributed by atoms with van der Waals surface area (Å²) in [6, 6.07) is 0. The highest BCUT2D eigenvalue weighted by Gasteiger charge is 2.22. The first kappa shape index (κ1) is 13.2. The van der Waals surface area contributed by atoms with Crippen LogP contribution in [-0.2, 0) is 9.59 Å². The summed E-state index contributed by atoms with van der Waals surface area (Å²) in [6.45, 7) is 6.89. The minimum absolute atomic E-state index is 0.104. The molecule has 92 valence electrons. The van der Waals surface area contributed by atoms with Gasteiger partial charge in [0.25, 0.3) is 0 Å². The molecule has 4 heteroatoms. The van der Waals surface area contributed by atoms with Gasteiger partial charge in [0.1, 0.15) is 5.78 Å². The van der Waals surface area contributed by atoms with E-state index in [1.165, 1.54) is 0 Å². The highest BCUT2D eigenvalue weighted by atomic mass is 16.1. The van der Waals surface area contributed by atoms with E-state index in [-0.39, 0.29) is 17.6 Å². The largest absolute Gasteiger partial charge is 0.356 e. The summed E-state index contributed by atoms with van der Waals surface area (Å²) in [7, 11) is 0. The Morgan fingerprint density at radius 2 is 2.19 bits per heavy atom. The van der Waals surface area contributed by atoms with Gasteiger partial charge in [0.2, 0.25) is 5.91 Å². The zero-order valence-electron chi connectivity index (χ0n) is 10.3. The Morgan fingerprint density at radius 1 is 1.44 bits per heavy atom. The molecule has 1 unspecified atom stereocenters. The summed E-state index contributed by atoms with van der Waals surface area (Å²) < 4.78 is 0. The Labute approximate surface area is 97.4 Å².